The quantitative estimate of drug-likeness (QED) is 0.512. The summed E-state index contributed by atoms with van der Waals surface area (Å²) in [4.78, 5) is 4.31. The molecule has 4 nitrogen and oxygen atoms in total. The van der Waals surface area contributed by atoms with Crippen LogP contribution in [-0.2, 0) is 21.3 Å². The highest BCUT2D eigenvalue weighted by Crippen LogP contribution is 2.49. The van der Waals surface area contributed by atoms with Crippen LogP contribution in [0.4, 0.5) is 0 Å². The Morgan fingerprint density at radius 2 is 1.66 bits per heavy atom. The van der Waals surface area contributed by atoms with Crippen molar-refractivity contribution in [2.45, 2.75) is 50.7 Å². The second-order valence-corrected chi connectivity index (χ2v) is 9.19. The van der Waals surface area contributed by atoms with E-state index in [0.717, 1.165) is 29.7 Å². The Balaban J connectivity index is 1.31. The first-order valence-electron chi connectivity index (χ1n) is 11.2. The third kappa shape index (κ3) is 3.82. The molecule has 1 aliphatic heterocycles. The van der Waals surface area contributed by atoms with Gasteiger partial charge in [0.2, 0.25) is 0 Å². The molecule has 2 aliphatic rings. The van der Waals surface area contributed by atoms with Gasteiger partial charge < -0.3 is 14.0 Å². The summed E-state index contributed by atoms with van der Waals surface area (Å²) in [7, 11) is -0.389. The summed E-state index contributed by atoms with van der Waals surface area (Å²) in [5.74, 6) is 1.54. The zero-order valence-electron chi connectivity index (χ0n) is 18.7. The van der Waals surface area contributed by atoms with E-state index in [2.05, 4.69) is 60.1 Å². The van der Waals surface area contributed by atoms with E-state index >= 15 is 0 Å². The number of aromatic nitrogens is 1. The first-order valence-corrected chi connectivity index (χ1v) is 11.2. The highest BCUT2D eigenvalue weighted by molar-refractivity contribution is 6.62. The summed E-state index contributed by atoms with van der Waals surface area (Å²) < 4.78 is 17.8. The van der Waals surface area contributed by atoms with Gasteiger partial charge >= 0.3 is 7.12 Å². The molecule has 0 spiro atoms. The standard InChI is InChI=1S/C27H28BNO3/c1-20-26(2,3)32-28(31-20)23-12-8-21(9-13-23)27(16-6-17-27)22-10-14-25(15-11-22)30-19-24-7-4-5-18-29-24/h4-5,7-15,18H,1,6,16-17,19H2,2-3H3. The van der Waals surface area contributed by atoms with Crippen molar-refractivity contribution < 1.29 is 14.0 Å². The van der Waals surface area contributed by atoms with E-state index in [1.807, 2.05) is 32.0 Å². The average Bonchev–Trinajstić information content (AvgIpc) is 3.06. The monoisotopic (exact) mass is 425 g/mol. The van der Waals surface area contributed by atoms with Crippen LogP contribution in [0.2, 0.25) is 0 Å². The Kier molecular flexibility index (Phi) is 5.30. The highest BCUT2D eigenvalue weighted by Gasteiger charge is 2.44. The lowest BCUT2D eigenvalue weighted by molar-refractivity contribution is 0.173. The summed E-state index contributed by atoms with van der Waals surface area (Å²) in [5.41, 5.74) is 4.23. The van der Waals surface area contributed by atoms with E-state index < -0.39 is 5.60 Å². The van der Waals surface area contributed by atoms with Crippen molar-refractivity contribution >= 4 is 12.6 Å². The molecule has 162 valence electrons. The molecule has 0 unspecified atom stereocenters. The Hall–Kier alpha value is -3.05. The first kappa shape index (κ1) is 20.8. The SMILES string of the molecule is C=C1OB(c2ccc(C3(c4ccc(OCc5ccccn5)cc4)CCC3)cc2)OC1(C)C. The van der Waals surface area contributed by atoms with Gasteiger partial charge in [-0.2, -0.15) is 0 Å². The number of rotatable bonds is 6. The van der Waals surface area contributed by atoms with Crippen molar-refractivity contribution in [1.82, 2.24) is 4.98 Å². The smallest absolute Gasteiger partial charge is 0.534 e. The van der Waals surface area contributed by atoms with Gasteiger partial charge in [0.15, 0.2) is 0 Å². The largest absolute Gasteiger partial charge is 0.563 e. The van der Waals surface area contributed by atoms with Crippen LogP contribution < -0.4 is 10.2 Å². The summed E-state index contributed by atoms with van der Waals surface area (Å²) in [6.45, 7) is 8.42. The normalized spacial score (nSPS) is 18.7. The molecule has 2 fully saturated rings. The van der Waals surface area contributed by atoms with Gasteiger partial charge in [0, 0.05) is 11.6 Å². The Morgan fingerprint density at radius 1 is 0.969 bits per heavy atom. The van der Waals surface area contributed by atoms with Crippen LogP contribution in [0.3, 0.4) is 0 Å². The third-order valence-corrected chi connectivity index (χ3v) is 6.78. The van der Waals surface area contributed by atoms with Gasteiger partial charge in [-0.05, 0) is 67.5 Å². The predicted octanol–water partition coefficient (Wildman–Crippen LogP) is 5.16. The lowest BCUT2D eigenvalue weighted by Crippen LogP contribution is -2.37. The number of nitrogens with zero attached hydrogens (tertiary/aromatic N) is 1. The van der Waals surface area contributed by atoms with Crippen LogP contribution in [0.15, 0.2) is 85.3 Å². The molecule has 1 aromatic heterocycles. The Bertz CT molecular complexity index is 1090. The number of ether oxygens (including phenoxy) is 1. The van der Waals surface area contributed by atoms with Crippen LogP contribution in [0.5, 0.6) is 5.75 Å². The second-order valence-electron chi connectivity index (χ2n) is 9.19. The number of benzene rings is 2. The molecule has 2 aromatic carbocycles. The lowest BCUT2D eigenvalue weighted by atomic mass is 9.60. The van der Waals surface area contributed by atoms with Crippen LogP contribution in [0.1, 0.15) is 49.9 Å². The van der Waals surface area contributed by atoms with Crippen molar-refractivity contribution in [3.63, 3.8) is 0 Å². The van der Waals surface area contributed by atoms with Crippen LogP contribution in [0, 0.1) is 0 Å². The van der Waals surface area contributed by atoms with Crippen LogP contribution in [-0.4, -0.2) is 17.7 Å². The number of hydrogen-bond donors (Lipinski definition) is 0. The fourth-order valence-corrected chi connectivity index (χ4v) is 4.51. The molecular formula is C27H28BNO3. The van der Waals surface area contributed by atoms with Crippen molar-refractivity contribution in [2.24, 2.45) is 0 Å². The van der Waals surface area contributed by atoms with E-state index in [9.17, 15) is 0 Å². The van der Waals surface area contributed by atoms with Gasteiger partial charge in [-0.15, -0.1) is 0 Å². The van der Waals surface area contributed by atoms with Crippen molar-refractivity contribution in [3.05, 3.63) is 102 Å². The van der Waals surface area contributed by atoms with Crippen LogP contribution >= 0.6 is 0 Å². The van der Waals surface area contributed by atoms with Gasteiger partial charge in [-0.1, -0.05) is 55.5 Å². The summed E-state index contributed by atoms with van der Waals surface area (Å²) in [6, 6.07) is 23.1. The molecule has 0 atom stereocenters. The van der Waals surface area contributed by atoms with Gasteiger partial charge in [0.1, 0.15) is 18.0 Å². The van der Waals surface area contributed by atoms with Gasteiger partial charge in [-0.25, -0.2) is 0 Å². The van der Waals surface area contributed by atoms with E-state index in [1.165, 1.54) is 17.5 Å². The average molecular weight is 425 g/mol. The van der Waals surface area contributed by atoms with E-state index in [1.54, 1.807) is 6.20 Å². The maximum absolute atomic E-state index is 6.03. The minimum Gasteiger partial charge on any atom is -0.534 e. The maximum atomic E-state index is 6.03. The van der Waals surface area contributed by atoms with Crippen LogP contribution in [0.25, 0.3) is 0 Å². The lowest BCUT2D eigenvalue weighted by Gasteiger charge is -2.43. The molecule has 0 amide bonds. The molecule has 3 aromatic rings. The molecule has 2 heterocycles. The topological polar surface area (TPSA) is 40.6 Å². The Labute approximate surface area is 190 Å². The predicted molar refractivity (Wildman–Crippen MR) is 127 cm³/mol. The summed E-state index contributed by atoms with van der Waals surface area (Å²) in [5, 5.41) is 0. The van der Waals surface area contributed by atoms with Crippen molar-refractivity contribution in [1.29, 1.82) is 0 Å². The minimum atomic E-state index is -0.459. The maximum Gasteiger partial charge on any atom is 0.563 e. The fraction of sp³-hybridized carbons (Fsp3) is 0.296. The van der Waals surface area contributed by atoms with E-state index in [-0.39, 0.29) is 12.5 Å². The van der Waals surface area contributed by atoms with E-state index in [4.69, 9.17) is 14.0 Å². The molecule has 1 saturated heterocycles. The van der Waals surface area contributed by atoms with E-state index in [0.29, 0.717) is 12.4 Å². The fourth-order valence-electron chi connectivity index (χ4n) is 4.51. The molecule has 5 rings (SSSR count). The summed E-state index contributed by atoms with van der Waals surface area (Å²) >= 11 is 0. The molecule has 0 N–H and O–H groups in total. The zero-order valence-corrected chi connectivity index (χ0v) is 18.7. The molecule has 1 aliphatic carbocycles. The molecule has 32 heavy (non-hydrogen) atoms. The molecular weight excluding hydrogens is 397 g/mol. The minimum absolute atomic E-state index is 0.0678. The Morgan fingerprint density at radius 3 is 2.19 bits per heavy atom. The third-order valence-electron chi connectivity index (χ3n) is 6.78. The zero-order chi connectivity index (χ0) is 22.2. The summed E-state index contributed by atoms with van der Waals surface area (Å²) in [6.07, 6.45) is 5.33. The highest BCUT2D eigenvalue weighted by atomic mass is 16.7. The first-order chi connectivity index (χ1) is 15.5. The molecule has 0 radical (unpaired) electrons. The number of pyridine rings is 1. The molecule has 0 bridgehead atoms. The van der Waals surface area contributed by atoms with Crippen molar-refractivity contribution in [3.8, 4) is 5.75 Å². The second kappa shape index (κ2) is 8.14. The van der Waals surface area contributed by atoms with Gasteiger partial charge in [0.05, 0.1) is 11.5 Å². The van der Waals surface area contributed by atoms with Gasteiger partial charge in [-0.3, -0.25) is 4.98 Å². The molecule has 5 heteroatoms. The number of hydrogen-bond acceptors (Lipinski definition) is 4. The van der Waals surface area contributed by atoms with Gasteiger partial charge in [0.25, 0.3) is 0 Å². The molecule has 1 saturated carbocycles. The van der Waals surface area contributed by atoms with Crippen molar-refractivity contribution in [2.75, 3.05) is 0 Å².